The number of hydrogen-bond acceptors (Lipinski definition) is 11. The molecule has 75 heavy (non-hydrogen) atoms. The van der Waals surface area contributed by atoms with Crippen LogP contribution in [-0.4, -0.2) is 57.8 Å². The number of nitrogens with one attached hydrogen (secondary N) is 4. The maximum Gasteiger partial charge on any atom is 0.338 e. The number of anilines is 4. The molecule has 0 unspecified atom stereocenters. The van der Waals surface area contributed by atoms with Crippen molar-refractivity contribution in [3.8, 4) is 23.0 Å². The average molecular weight is 1010 g/mol. The zero-order valence-electron chi connectivity index (χ0n) is 40.5. The summed E-state index contributed by atoms with van der Waals surface area (Å²) in [5.41, 5.74) is 2.58. The third kappa shape index (κ3) is 11.1. The number of carbonyl (C=O) groups is 6. The lowest BCUT2D eigenvalue weighted by Crippen LogP contribution is -2.35. The minimum absolute atomic E-state index is 0.178. The number of benzene rings is 6. The topological polar surface area (TPSA) is 224 Å². The van der Waals surface area contributed by atoms with Gasteiger partial charge in [0.2, 0.25) is 23.6 Å². The van der Waals surface area contributed by atoms with Crippen LogP contribution in [0.4, 0.5) is 31.5 Å². The van der Waals surface area contributed by atoms with Crippen molar-refractivity contribution in [3.63, 3.8) is 0 Å². The first-order valence-electron chi connectivity index (χ1n) is 23.5. The van der Waals surface area contributed by atoms with Gasteiger partial charge in [0.05, 0.1) is 29.3 Å². The molecule has 2 heterocycles. The molecule has 5 N–H and O–H groups in total. The first kappa shape index (κ1) is 50.4. The van der Waals surface area contributed by atoms with Crippen LogP contribution in [0.1, 0.15) is 57.5 Å². The molecule has 0 bridgehead atoms. The van der Waals surface area contributed by atoms with Crippen LogP contribution >= 0.6 is 0 Å². The van der Waals surface area contributed by atoms with E-state index in [0.717, 1.165) is 10.9 Å². The number of aryl methyl sites for hydroxylation is 2. The van der Waals surface area contributed by atoms with Gasteiger partial charge in [-0.2, -0.15) is 0 Å². The summed E-state index contributed by atoms with van der Waals surface area (Å²) in [5, 5.41) is 21.7. The van der Waals surface area contributed by atoms with E-state index in [2.05, 4.69) is 31.2 Å². The molecule has 0 atom stereocenters. The Hall–Kier alpha value is -9.58. The summed E-state index contributed by atoms with van der Waals surface area (Å²) in [5.74, 6) is -1.84. The monoisotopic (exact) mass is 1010 g/mol. The Morgan fingerprint density at radius 1 is 0.493 bits per heavy atom. The van der Waals surface area contributed by atoms with Crippen molar-refractivity contribution in [3.05, 3.63) is 180 Å². The standard InChI is InChI=1S/C29H24FN3O5.C28H22FN3O5/c1-17-15-23-24(16-22(17)26(34)37-2)31-14-11-25(23)38-21-9-7-20(8-10-21)33-28(36)29(12-13-29)27(35)32-19-5-3-18(30)4-6-19;1-16-14-22-23(15-21(16)25(33)34)30-13-10-24(22)37-20-8-6-19(7-9-20)32-27(36)28(11-12-28)26(35)31-18-4-2-17(29)3-5-18/h3-11,14-16H,12-13H2,1-2H3,(H,32,35)(H,33,36);2-10,13-15H,11-12H2,1H3,(H,31,35)(H,32,36)(H,33,34). The summed E-state index contributed by atoms with van der Waals surface area (Å²) in [6, 6.07) is 34.4. The van der Waals surface area contributed by atoms with Crippen molar-refractivity contribution in [2.24, 2.45) is 10.8 Å². The van der Waals surface area contributed by atoms with E-state index in [9.17, 15) is 42.7 Å². The Morgan fingerprint density at radius 3 is 1.16 bits per heavy atom. The van der Waals surface area contributed by atoms with Gasteiger partial charge in [-0.3, -0.25) is 29.1 Å². The molecular weight excluding hydrogens is 967 g/mol. The van der Waals surface area contributed by atoms with E-state index >= 15 is 0 Å². The van der Waals surface area contributed by atoms with Crippen molar-refractivity contribution in [1.82, 2.24) is 9.97 Å². The number of carboxylic acid groups (broad SMARTS) is 1. The molecule has 8 aromatic rings. The summed E-state index contributed by atoms with van der Waals surface area (Å²) >= 11 is 0. The number of carboxylic acids is 1. The minimum Gasteiger partial charge on any atom is -0.478 e. The van der Waals surface area contributed by atoms with Gasteiger partial charge in [0.15, 0.2) is 0 Å². The molecule has 2 saturated carbocycles. The number of aromatic nitrogens is 2. The third-order valence-electron chi connectivity index (χ3n) is 12.9. The van der Waals surface area contributed by atoms with Gasteiger partial charge in [0, 0.05) is 45.9 Å². The van der Waals surface area contributed by atoms with E-state index in [4.69, 9.17) is 14.2 Å². The number of ether oxygens (including phenoxy) is 3. The second kappa shape index (κ2) is 20.9. The molecule has 2 aliphatic carbocycles. The van der Waals surface area contributed by atoms with Crippen molar-refractivity contribution < 1.29 is 56.9 Å². The lowest BCUT2D eigenvalue weighted by molar-refractivity contribution is -0.132. The fraction of sp³-hybridized carbons (Fsp3) is 0.158. The van der Waals surface area contributed by atoms with E-state index in [1.165, 1.54) is 61.7 Å². The number of halogens is 2. The number of methoxy groups -OCH3 is 1. The van der Waals surface area contributed by atoms with Crippen molar-refractivity contribution >= 4 is 80.1 Å². The predicted octanol–water partition coefficient (Wildman–Crippen LogP) is 11.1. The molecule has 2 fully saturated rings. The van der Waals surface area contributed by atoms with Gasteiger partial charge >= 0.3 is 11.9 Å². The van der Waals surface area contributed by atoms with Gasteiger partial charge in [-0.1, -0.05) is 0 Å². The van der Waals surface area contributed by atoms with Crippen LogP contribution in [0.2, 0.25) is 0 Å². The zero-order chi connectivity index (χ0) is 53.0. The molecule has 0 saturated heterocycles. The van der Waals surface area contributed by atoms with Gasteiger partial charge in [-0.05, 0) is 184 Å². The second-order valence-corrected chi connectivity index (χ2v) is 18.0. The number of fused-ring (bicyclic) bond motifs is 2. The largest absolute Gasteiger partial charge is 0.478 e. The van der Waals surface area contributed by atoms with Crippen molar-refractivity contribution in [2.75, 3.05) is 28.4 Å². The van der Waals surface area contributed by atoms with E-state index in [-0.39, 0.29) is 5.56 Å². The maximum atomic E-state index is 13.1. The molecule has 378 valence electrons. The van der Waals surface area contributed by atoms with Crippen molar-refractivity contribution in [1.29, 1.82) is 0 Å². The molecule has 10 rings (SSSR count). The van der Waals surface area contributed by atoms with Crippen LogP contribution in [0.15, 0.2) is 146 Å². The lowest BCUT2D eigenvalue weighted by Gasteiger charge is -2.16. The SMILES string of the molecule is COC(=O)c1cc2nccc(Oc3ccc(NC(=O)C4(C(=O)Nc5ccc(F)cc5)CC4)cc3)c2cc1C.Cc1cc2c(Oc3ccc(NC(=O)C4(C(=O)Nc5ccc(F)cc5)CC4)cc3)ccnc2cc1C(=O)O. The fourth-order valence-corrected chi connectivity index (χ4v) is 8.19. The Kier molecular flexibility index (Phi) is 14.0. The normalized spacial score (nSPS) is 13.5. The molecule has 6 aromatic carbocycles. The first-order chi connectivity index (χ1) is 36.0. The fourth-order valence-electron chi connectivity index (χ4n) is 8.19. The number of amides is 4. The Morgan fingerprint density at radius 2 is 0.827 bits per heavy atom. The van der Waals surface area contributed by atoms with Crippen LogP contribution in [0.25, 0.3) is 21.8 Å². The summed E-state index contributed by atoms with van der Waals surface area (Å²) in [4.78, 5) is 83.3. The smallest absolute Gasteiger partial charge is 0.338 e. The molecule has 2 aromatic heterocycles. The Bertz CT molecular complexity index is 3550. The van der Waals surface area contributed by atoms with Crippen molar-refractivity contribution in [2.45, 2.75) is 39.5 Å². The summed E-state index contributed by atoms with van der Waals surface area (Å²) in [6.45, 7) is 3.52. The Balaban J connectivity index is 0.000000184. The highest BCUT2D eigenvalue weighted by atomic mass is 19.1. The summed E-state index contributed by atoms with van der Waals surface area (Å²) < 4.78 is 43.1. The molecule has 2 aliphatic rings. The Labute approximate surface area is 427 Å². The molecule has 16 nitrogen and oxygen atoms in total. The predicted molar refractivity (Wildman–Crippen MR) is 275 cm³/mol. The lowest BCUT2D eigenvalue weighted by atomic mass is 10.0. The number of esters is 1. The van der Waals surface area contributed by atoms with E-state index in [1.54, 1.807) is 92.1 Å². The van der Waals surface area contributed by atoms with E-state index in [0.29, 0.717) is 99.0 Å². The highest BCUT2D eigenvalue weighted by molar-refractivity contribution is 6.18. The van der Waals surface area contributed by atoms with E-state index in [1.807, 2.05) is 13.0 Å². The average Bonchev–Trinajstić information content (AvgIpc) is 4.35. The van der Waals surface area contributed by atoms with Gasteiger partial charge in [0.25, 0.3) is 0 Å². The second-order valence-electron chi connectivity index (χ2n) is 18.0. The highest BCUT2D eigenvalue weighted by Crippen LogP contribution is 2.49. The van der Waals surface area contributed by atoms with Gasteiger partial charge in [0.1, 0.15) is 45.5 Å². The highest BCUT2D eigenvalue weighted by Gasteiger charge is 2.57. The van der Waals surface area contributed by atoms with Gasteiger partial charge in [-0.25, -0.2) is 18.4 Å². The van der Waals surface area contributed by atoms with Crippen LogP contribution in [0, 0.1) is 36.3 Å². The first-order valence-corrected chi connectivity index (χ1v) is 23.5. The van der Waals surface area contributed by atoms with Gasteiger partial charge in [-0.15, -0.1) is 0 Å². The van der Waals surface area contributed by atoms with Crippen LogP contribution in [-0.2, 0) is 23.9 Å². The molecule has 0 radical (unpaired) electrons. The number of pyridine rings is 2. The van der Waals surface area contributed by atoms with Crippen LogP contribution in [0.3, 0.4) is 0 Å². The molecule has 18 heteroatoms. The summed E-state index contributed by atoms with van der Waals surface area (Å²) in [7, 11) is 1.33. The number of rotatable bonds is 14. The number of carbonyl (C=O) groups excluding carboxylic acids is 5. The third-order valence-corrected chi connectivity index (χ3v) is 12.9. The number of aromatic carboxylic acids is 1. The number of hydrogen-bond donors (Lipinski definition) is 5. The minimum atomic E-state index is -1.16. The van der Waals surface area contributed by atoms with Crippen LogP contribution in [0.5, 0.6) is 23.0 Å². The zero-order valence-corrected chi connectivity index (χ0v) is 40.5. The maximum absolute atomic E-state index is 13.1. The summed E-state index contributed by atoms with van der Waals surface area (Å²) in [6.07, 6.45) is 4.84. The quantitative estimate of drug-likeness (QED) is 0.0507. The van der Waals surface area contributed by atoms with Gasteiger partial charge < -0.3 is 40.6 Å². The van der Waals surface area contributed by atoms with Crippen LogP contribution < -0.4 is 30.7 Å². The molecule has 0 aliphatic heterocycles. The number of nitrogens with zero attached hydrogens (tertiary/aromatic N) is 2. The molecule has 0 spiro atoms. The molecular formula is C57H46F2N6O10. The van der Waals surface area contributed by atoms with E-state index < -0.39 is 58.0 Å². The molecule has 4 amide bonds.